The number of rotatable bonds is 0. The highest BCUT2D eigenvalue weighted by Crippen LogP contribution is 2.34. The Bertz CT molecular complexity index is 257. The monoisotopic (exact) mass is 160 g/mol. The Morgan fingerprint density at radius 3 is 1.67 bits per heavy atom. The van der Waals surface area contributed by atoms with Gasteiger partial charge >= 0.3 is 0 Å². The van der Waals surface area contributed by atoms with Crippen molar-refractivity contribution in [2.75, 3.05) is 0 Å². The molecule has 0 aromatic heterocycles. The minimum Gasteiger partial charge on any atom is -0.0812 e. The second kappa shape index (κ2) is 2.93. The Morgan fingerprint density at radius 1 is 0.833 bits per heavy atom. The van der Waals surface area contributed by atoms with E-state index in [2.05, 4.69) is 26.0 Å². The summed E-state index contributed by atoms with van der Waals surface area (Å²) in [5.41, 5.74) is 6.50. The predicted molar refractivity (Wildman–Crippen MR) is 53.0 cm³/mol. The molecule has 0 fully saturated rings. The van der Waals surface area contributed by atoms with Gasteiger partial charge in [-0.1, -0.05) is 34.4 Å². The summed E-state index contributed by atoms with van der Waals surface area (Å²) < 4.78 is 0. The zero-order valence-corrected chi connectivity index (χ0v) is 7.98. The number of hydrogen-bond acceptors (Lipinski definition) is 0. The summed E-state index contributed by atoms with van der Waals surface area (Å²) in [5, 5.41) is 0. The standard InChI is InChI=1S/C12H16/c1-9-3-5-12-8-10(2)4-6-11(12)7-9/h3-4H,5-8H2,1-2H3. The van der Waals surface area contributed by atoms with E-state index in [4.69, 9.17) is 0 Å². The van der Waals surface area contributed by atoms with Crippen molar-refractivity contribution in [3.63, 3.8) is 0 Å². The molecule has 0 spiro atoms. The van der Waals surface area contributed by atoms with E-state index in [0.717, 1.165) is 0 Å². The molecule has 2 rings (SSSR count). The van der Waals surface area contributed by atoms with Crippen molar-refractivity contribution in [2.45, 2.75) is 39.5 Å². The molecule has 0 radical (unpaired) electrons. The Balaban J connectivity index is 2.16. The van der Waals surface area contributed by atoms with E-state index in [1.165, 1.54) is 25.7 Å². The van der Waals surface area contributed by atoms with Crippen LogP contribution in [0.1, 0.15) is 39.5 Å². The fraction of sp³-hybridized carbons (Fsp3) is 0.500. The van der Waals surface area contributed by atoms with E-state index in [0.29, 0.717) is 0 Å². The summed E-state index contributed by atoms with van der Waals surface area (Å²) >= 11 is 0. The van der Waals surface area contributed by atoms with Gasteiger partial charge in [-0.15, -0.1) is 0 Å². The molecule has 12 heavy (non-hydrogen) atoms. The van der Waals surface area contributed by atoms with Crippen LogP contribution in [0.4, 0.5) is 0 Å². The lowest BCUT2D eigenvalue weighted by Gasteiger charge is -2.22. The van der Waals surface area contributed by atoms with Gasteiger partial charge in [0.05, 0.1) is 0 Å². The second-order valence-corrected chi connectivity index (χ2v) is 4.07. The summed E-state index contributed by atoms with van der Waals surface area (Å²) in [5.74, 6) is 0. The molecule has 0 saturated carbocycles. The minimum atomic E-state index is 1.21. The molecule has 0 N–H and O–H groups in total. The van der Waals surface area contributed by atoms with E-state index in [1.807, 2.05) is 0 Å². The third-order valence-corrected chi connectivity index (χ3v) is 2.88. The third-order valence-electron chi connectivity index (χ3n) is 2.88. The van der Waals surface area contributed by atoms with Gasteiger partial charge in [0.25, 0.3) is 0 Å². The van der Waals surface area contributed by atoms with E-state index in [1.54, 1.807) is 22.3 Å². The maximum atomic E-state index is 2.39. The van der Waals surface area contributed by atoms with E-state index in [9.17, 15) is 0 Å². The Labute approximate surface area is 74.7 Å². The molecule has 0 atom stereocenters. The molecule has 0 saturated heterocycles. The highest BCUT2D eigenvalue weighted by atomic mass is 14.2. The lowest BCUT2D eigenvalue weighted by molar-refractivity contribution is 0.857. The average molecular weight is 160 g/mol. The van der Waals surface area contributed by atoms with Crippen LogP contribution in [0, 0.1) is 0 Å². The Kier molecular flexibility index (Phi) is 1.92. The van der Waals surface area contributed by atoms with Gasteiger partial charge in [0.15, 0.2) is 0 Å². The Hall–Kier alpha value is -0.780. The molecular formula is C12H16. The summed E-state index contributed by atoms with van der Waals surface area (Å²) in [4.78, 5) is 0. The molecule has 0 bridgehead atoms. The molecule has 0 nitrogen and oxygen atoms in total. The van der Waals surface area contributed by atoms with Crippen LogP contribution >= 0.6 is 0 Å². The third kappa shape index (κ3) is 1.38. The SMILES string of the molecule is CC1=CCC2=C(CC=C(C)C2)C1. The second-order valence-electron chi connectivity index (χ2n) is 4.07. The van der Waals surface area contributed by atoms with Crippen LogP contribution in [-0.4, -0.2) is 0 Å². The van der Waals surface area contributed by atoms with Crippen molar-refractivity contribution in [1.82, 2.24) is 0 Å². The molecular weight excluding hydrogens is 144 g/mol. The van der Waals surface area contributed by atoms with Crippen molar-refractivity contribution in [3.05, 3.63) is 34.4 Å². The lowest BCUT2D eigenvalue weighted by atomic mass is 9.83. The fourth-order valence-corrected chi connectivity index (χ4v) is 2.10. The quantitative estimate of drug-likeness (QED) is 0.473. The van der Waals surface area contributed by atoms with E-state index >= 15 is 0 Å². The van der Waals surface area contributed by atoms with Gasteiger partial charge < -0.3 is 0 Å². The smallest absolute Gasteiger partial charge is 0.0105 e. The van der Waals surface area contributed by atoms with Gasteiger partial charge in [0.1, 0.15) is 0 Å². The highest BCUT2D eigenvalue weighted by Gasteiger charge is 2.14. The largest absolute Gasteiger partial charge is 0.0812 e. The zero-order valence-electron chi connectivity index (χ0n) is 7.98. The summed E-state index contributed by atoms with van der Waals surface area (Å²) in [6, 6.07) is 0. The van der Waals surface area contributed by atoms with E-state index < -0.39 is 0 Å². The molecule has 0 aliphatic heterocycles. The molecule has 64 valence electrons. The van der Waals surface area contributed by atoms with Gasteiger partial charge in [-0.25, -0.2) is 0 Å². The molecule has 2 aliphatic rings. The topological polar surface area (TPSA) is 0 Å². The van der Waals surface area contributed by atoms with Crippen LogP contribution in [-0.2, 0) is 0 Å². The molecule has 0 amide bonds. The van der Waals surface area contributed by atoms with Crippen molar-refractivity contribution >= 4 is 0 Å². The van der Waals surface area contributed by atoms with Crippen molar-refractivity contribution in [1.29, 1.82) is 0 Å². The molecule has 0 aromatic carbocycles. The first kappa shape index (κ1) is 7.85. The van der Waals surface area contributed by atoms with Crippen molar-refractivity contribution in [2.24, 2.45) is 0 Å². The van der Waals surface area contributed by atoms with Crippen LogP contribution in [0.15, 0.2) is 34.4 Å². The van der Waals surface area contributed by atoms with Gasteiger partial charge in [0.2, 0.25) is 0 Å². The van der Waals surface area contributed by atoms with Crippen LogP contribution in [0.25, 0.3) is 0 Å². The first-order valence-corrected chi connectivity index (χ1v) is 4.77. The van der Waals surface area contributed by atoms with Crippen LogP contribution in [0.2, 0.25) is 0 Å². The van der Waals surface area contributed by atoms with Gasteiger partial charge in [-0.3, -0.25) is 0 Å². The van der Waals surface area contributed by atoms with Gasteiger partial charge in [-0.2, -0.15) is 0 Å². The number of allylic oxidation sites excluding steroid dienone is 6. The van der Waals surface area contributed by atoms with Crippen molar-refractivity contribution < 1.29 is 0 Å². The summed E-state index contributed by atoms with van der Waals surface area (Å²) in [6.07, 6.45) is 9.67. The minimum absolute atomic E-state index is 1.21. The summed E-state index contributed by atoms with van der Waals surface area (Å²) in [6.45, 7) is 4.49. The molecule has 0 heteroatoms. The average Bonchev–Trinajstić information content (AvgIpc) is 2.05. The summed E-state index contributed by atoms with van der Waals surface area (Å²) in [7, 11) is 0. The normalized spacial score (nSPS) is 23.2. The number of hydrogen-bond donors (Lipinski definition) is 0. The van der Waals surface area contributed by atoms with Crippen molar-refractivity contribution in [3.8, 4) is 0 Å². The molecule has 0 aromatic rings. The first-order valence-electron chi connectivity index (χ1n) is 4.77. The predicted octanol–water partition coefficient (Wildman–Crippen LogP) is 3.76. The van der Waals surface area contributed by atoms with Gasteiger partial charge in [-0.05, 0) is 39.5 Å². The highest BCUT2D eigenvalue weighted by molar-refractivity contribution is 5.35. The maximum Gasteiger partial charge on any atom is -0.0105 e. The molecule has 0 heterocycles. The van der Waals surface area contributed by atoms with E-state index in [-0.39, 0.29) is 0 Å². The Morgan fingerprint density at radius 2 is 1.25 bits per heavy atom. The molecule has 0 unspecified atom stereocenters. The molecule has 2 aliphatic carbocycles. The van der Waals surface area contributed by atoms with Gasteiger partial charge in [0, 0.05) is 0 Å². The van der Waals surface area contributed by atoms with Crippen LogP contribution in [0.3, 0.4) is 0 Å². The maximum absolute atomic E-state index is 2.39. The fourth-order valence-electron chi connectivity index (χ4n) is 2.10. The van der Waals surface area contributed by atoms with Crippen LogP contribution in [0.5, 0.6) is 0 Å². The van der Waals surface area contributed by atoms with Crippen LogP contribution < -0.4 is 0 Å². The lowest BCUT2D eigenvalue weighted by Crippen LogP contribution is -2.03. The zero-order chi connectivity index (χ0) is 8.55. The first-order chi connectivity index (χ1) is 5.75.